The monoisotopic (exact) mass is 406 g/mol. The van der Waals surface area contributed by atoms with Gasteiger partial charge in [0.15, 0.2) is 0 Å². The molecule has 0 radical (unpaired) electrons. The summed E-state index contributed by atoms with van der Waals surface area (Å²) >= 11 is 1.52. The zero-order valence-corrected chi connectivity index (χ0v) is 17.5. The largest absolute Gasteiger partial charge is 0.337 e. The minimum absolute atomic E-state index is 0.0452. The number of Topliss-reactive ketones (excluding diaryl/α,β-unsaturated/α-hetero) is 1. The number of nitrogens with one attached hydrogen (secondary N) is 2. The first-order chi connectivity index (χ1) is 14.2. The summed E-state index contributed by atoms with van der Waals surface area (Å²) in [5.41, 5.74) is 2.71. The van der Waals surface area contributed by atoms with E-state index in [9.17, 15) is 10.1 Å². The van der Waals surface area contributed by atoms with Crippen molar-refractivity contribution in [1.82, 2.24) is 0 Å². The first-order valence-electron chi connectivity index (χ1n) is 10.0. The number of benzene rings is 2. The van der Waals surface area contributed by atoms with Crippen molar-refractivity contribution in [2.24, 2.45) is 0 Å². The summed E-state index contributed by atoms with van der Waals surface area (Å²) in [5, 5.41) is 10.5. The fourth-order valence-corrected chi connectivity index (χ4v) is 5.22. The van der Waals surface area contributed by atoms with Crippen LogP contribution in [0.5, 0.6) is 0 Å². The van der Waals surface area contributed by atoms with E-state index in [2.05, 4.69) is 30.3 Å². The molecule has 5 nitrogen and oxygen atoms in total. The molecule has 0 aliphatic carbocycles. The third-order valence-corrected chi connectivity index (χ3v) is 6.95. The summed E-state index contributed by atoms with van der Waals surface area (Å²) in [5.74, 6) is -0.0452. The zero-order valence-electron chi connectivity index (χ0n) is 16.6. The van der Waals surface area contributed by atoms with Gasteiger partial charge in [0.1, 0.15) is 55.9 Å². The van der Waals surface area contributed by atoms with Gasteiger partial charge in [0.2, 0.25) is 5.78 Å². The Balaban J connectivity index is 1.37. The van der Waals surface area contributed by atoms with Crippen molar-refractivity contribution < 1.29 is 14.6 Å². The molecule has 2 heterocycles. The van der Waals surface area contributed by atoms with Crippen LogP contribution in [-0.4, -0.2) is 45.6 Å². The standard InChI is InChI=1S/C23H24N4OS/c1-25-20-9-5-6-10-22(20)29-23(25)19(15-24)21(28)17-27-13-11-26(12-14-27)16-18-7-3-2-4-8-18/h2-10H,11-14,16-17H2,1H3/p+2/b23-19-. The lowest BCUT2D eigenvalue weighted by Gasteiger charge is -2.29. The van der Waals surface area contributed by atoms with E-state index >= 15 is 0 Å². The average molecular weight is 407 g/mol. The number of thioether (sulfide) groups is 1. The lowest BCUT2D eigenvalue weighted by atomic mass is 10.1. The fraction of sp³-hybridized carbons (Fsp3) is 0.304. The molecule has 1 fully saturated rings. The summed E-state index contributed by atoms with van der Waals surface area (Å²) in [6.07, 6.45) is 0. The number of anilines is 1. The second-order valence-electron chi connectivity index (χ2n) is 7.68. The fourth-order valence-electron chi connectivity index (χ4n) is 4.06. The number of fused-ring (bicyclic) bond motifs is 1. The summed E-state index contributed by atoms with van der Waals surface area (Å²) in [4.78, 5) is 18.9. The van der Waals surface area contributed by atoms with E-state index in [0.29, 0.717) is 12.1 Å². The SMILES string of the molecule is CN1/C(=C(\C#N)C(=O)C[NH+]2CC[NH+](Cc3ccccc3)CC2)Sc2ccccc21. The van der Waals surface area contributed by atoms with Crippen molar-refractivity contribution in [3.8, 4) is 6.07 Å². The first-order valence-corrected chi connectivity index (χ1v) is 10.9. The van der Waals surface area contributed by atoms with Crippen molar-refractivity contribution in [3.05, 3.63) is 70.8 Å². The number of nitrogens with zero attached hydrogens (tertiary/aromatic N) is 2. The number of piperazine rings is 1. The van der Waals surface area contributed by atoms with Crippen LogP contribution >= 0.6 is 11.8 Å². The number of nitriles is 1. The van der Waals surface area contributed by atoms with E-state index in [-0.39, 0.29) is 5.78 Å². The molecule has 0 amide bonds. The van der Waals surface area contributed by atoms with Crippen LogP contribution in [0, 0.1) is 11.3 Å². The second kappa shape index (κ2) is 8.83. The summed E-state index contributed by atoms with van der Waals surface area (Å²) in [6, 6.07) is 20.8. The predicted molar refractivity (Wildman–Crippen MR) is 115 cm³/mol. The lowest BCUT2D eigenvalue weighted by molar-refractivity contribution is -1.01. The highest BCUT2D eigenvalue weighted by Gasteiger charge is 2.31. The van der Waals surface area contributed by atoms with Gasteiger partial charge in [0, 0.05) is 17.5 Å². The van der Waals surface area contributed by atoms with E-state index in [1.807, 2.05) is 42.3 Å². The maximum Gasteiger partial charge on any atom is 0.230 e. The predicted octanol–water partition coefficient (Wildman–Crippen LogP) is 0.516. The van der Waals surface area contributed by atoms with E-state index in [0.717, 1.165) is 48.3 Å². The van der Waals surface area contributed by atoms with Gasteiger partial charge >= 0.3 is 0 Å². The maximum atomic E-state index is 13.0. The molecule has 0 spiro atoms. The van der Waals surface area contributed by atoms with Crippen molar-refractivity contribution in [2.45, 2.75) is 11.4 Å². The number of hydrogen-bond donors (Lipinski definition) is 2. The molecule has 0 aromatic heterocycles. The van der Waals surface area contributed by atoms with Crippen molar-refractivity contribution in [3.63, 3.8) is 0 Å². The van der Waals surface area contributed by atoms with Crippen LogP contribution in [0.4, 0.5) is 5.69 Å². The van der Waals surface area contributed by atoms with Crippen molar-refractivity contribution >= 4 is 23.2 Å². The lowest BCUT2D eigenvalue weighted by Crippen LogP contribution is -3.27. The number of carbonyl (C=O) groups excluding carboxylic acids is 1. The highest BCUT2D eigenvalue weighted by atomic mass is 32.2. The molecule has 4 rings (SSSR count). The Morgan fingerprint density at radius 2 is 1.69 bits per heavy atom. The molecule has 0 saturated carbocycles. The van der Waals surface area contributed by atoms with Gasteiger partial charge in [-0.15, -0.1) is 0 Å². The Morgan fingerprint density at radius 3 is 2.38 bits per heavy atom. The average Bonchev–Trinajstić information content (AvgIpc) is 3.07. The van der Waals surface area contributed by atoms with Crippen LogP contribution < -0.4 is 14.7 Å². The van der Waals surface area contributed by atoms with Gasteiger partial charge in [0.05, 0.1) is 5.69 Å². The molecule has 2 aromatic carbocycles. The van der Waals surface area contributed by atoms with Crippen molar-refractivity contribution in [1.29, 1.82) is 5.26 Å². The summed E-state index contributed by atoms with van der Waals surface area (Å²) < 4.78 is 0. The zero-order chi connectivity index (χ0) is 20.2. The van der Waals surface area contributed by atoms with Crippen LogP contribution in [0.1, 0.15) is 5.56 Å². The van der Waals surface area contributed by atoms with E-state index in [4.69, 9.17) is 0 Å². The molecular weight excluding hydrogens is 380 g/mol. The highest BCUT2D eigenvalue weighted by Crippen LogP contribution is 2.45. The molecule has 2 aromatic rings. The molecule has 6 heteroatoms. The third-order valence-electron chi connectivity index (χ3n) is 5.71. The van der Waals surface area contributed by atoms with Gasteiger partial charge in [-0.1, -0.05) is 54.2 Å². The number of quaternary nitrogens is 2. The molecule has 0 atom stereocenters. The van der Waals surface area contributed by atoms with E-state index in [1.54, 1.807) is 4.90 Å². The van der Waals surface area contributed by atoms with Gasteiger partial charge < -0.3 is 14.7 Å². The number of carbonyl (C=O) groups is 1. The van der Waals surface area contributed by atoms with Crippen LogP contribution in [-0.2, 0) is 11.3 Å². The summed E-state index contributed by atoms with van der Waals surface area (Å²) in [7, 11) is 1.93. The Hall–Kier alpha value is -2.59. The number of ketones is 1. The quantitative estimate of drug-likeness (QED) is 0.562. The maximum absolute atomic E-state index is 13.0. The molecule has 29 heavy (non-hydrogen) atoms. The van der Waals surface area contributed by atoms with Gasteiger partial charge in [0.25, 0.3) is 0 Å². The van der Waals surface area contributed by atoms with Crippen molar-refractivity contribution in [2.75, 3.05) is 44.7 Å². The third kappa shape index (κ3) is 4.38. The number of hydrogen-bond acceptors (Lipinski definition) is 4. The Labute approximate surface area is 176 Å². The van der Waals surface area contributed by atoms with Crippen LogP contribution in [0.3, 0.4) is 0 Å². The molecule has 148 valence electrons. The number of rotatable bonds is 5. The molecule has 1 saturated heterocycles. The Morgan fingerprint density at radius 1 is 1.03 bits per heavy atom. The Kier molecular flexibility index (Phi) is 6.00. The van der Waals surface area contributed by atoms with E-state index in [1.165, 1.54) is 22.2 Å². The van der Waals surface area contributed by atoms with Crippen LogP contribution in [0.25, 0.3) is 0 Å². The molecule has 0 unspecified atom stereocenters. The smallest absolute Gasteiger partial charge is 0.230 e. The number of para-hydroxylation sites is 1. The summed E-state index contributed by atoms with van der Waals surface area (Å²) in [6.45, 7) is 5.47. The van der Waals surface area contributed by atoms with Gasteiger partial charge in [-0.25, -0.2) is 0 Å². The van der Waals surface area contributed by atoms with Crippen LogP contribution in [0.15, 0.2) is 70.1 Å². The highest BCUT2D eigenvalue weighted by molar-refractivity contribution is 8.03. The minimum atomic E-state index is -0.0452. The van der Waals surface area contributed by atoms with E-state index < -0.39 is 0 Å². The van der Waals surface area contributed by atoms with Gasteiger partial charge in [-0.2, -0.15) is 5.26 Å². The normalized spacial score (nSPS) is 22.7. The van der Waals surface area contributed by atoms with Gasteiger partial charge in [-0.3, -0.25) is 4.79 Å². The molecule has 2 N–H and O–H groups in total. The molecular formula is C23H26N4OS+2. The first kappa shape index (κ1) is 19.7. The Bertz CT molecular complexity index is 958. The molecule has 2 aliphatic heterocycles. The molecule has 0 bridgehead atoms. The molecule has 2 aliphatic rings. The topological polar surface area (TPSA) is 53.0 Å². The van der Waals surface area contributed by atoms with Crippen LogP contribution in [0.2, 0.25) is 0 Å². The second-order valence-corrected chi connectivity index (χ2v) is 8.71. The van der Waals surface area contributed by atoms with Gasteiger partial charge in [-0.05, 0) is 12.1 Å². The minimum Gasteiger partial charge on any atom is -0.337 e.